The van der Waals surface area contributed by atoms with Crippen molar-refractivity contribution in [1.29, 1.82) is 0 Å². The molecule has 0 aromatic carbocycles. The van der Waals surface area contributed by atoms with Crippen molar-refractivity contribution in [2.24, 2.45) is 17.8 Å². The Morgan fingerprint density at radius 2 is 1.74 bits per heavy atom. The third kappa shape index (κ3) is 7.39. The van der Waals surface area contributed by atoms with Crippen LogP contribution in [0.2, 0.25) is 0 Å². The van der Waals surface area contributed by atoms with Gasteiger partial charge in [0, 0.05) is 18.8 Å². The van der Waals surface area contributed by atoms with Crippen LogP contribution in [-0.4, -0.2) is 36.9 Å². The smallest absolute Gasteiger partial charge is 0.418 e. The van der Waals surface area contributed by atoms with Gasteiger partial charge in [-0.05, 0) is 38.5 Å². The van der Waals surface area contributed by atoms with Crippen LogP contribution in [0.25, 0.3) is 0 Å². The maximum absolute atomic E-state index is 9.75. The van der Waals surface area contributed by atoms with Crippen LogP contribution in [0.15, 0.2) is 0 Å². The minimum Gasteiger partial charge on any atom is -0.418 e. The van der Waals surface area contributed by atoms with Gasteiger partial charge in [0.1, 0.15) is 12.8 Å². The lowest BCUT2D eigenvalue weighted by molar-refractivity contribution is -0.678. The van der Waals surface area contributed by atoms with E-state index in [1.807, 2.05) is 0 Å². The van der Waals surface area contributed by atoms with E-state index in [1.165, 1.54) is 64.3 Å². The molecule has 27 heavy (non-hydrogen) atoms. The first-order valence-corrected chi connectivity index (χ1v) is 10.8. The van der Waals surface area contributed by atoms with Crippen molar-refractivity contribution >= 4 is 13.5 Å². The Morgan fingerprint density at radius 3 is 2.30 bits per heavy atom. The Kier molecular flexibility index (Phi) is 10.3. The summed E-state index contributed by atoms with van der Waals surface area (Å²) >= 11 is 0. The Bertz CT molecular complexity index is 452. The lowest BCUT2D eigenvalue weighted by Gasteiger charge is -2.44. The minimum absolute atomic E-state index is 0.00405. The van der Waals surface area contributed by atoms with E-state index < -0.39 is 7.25 Å². The summed E-state index contributed by atoms with van der Waals surface area (Å²) in [6.45, 7) is 11.4. The fourth-order valence-electron chi connectivity index (χ4n) is 4.94. The van der Waals surface area contributed by atoms with Gasteiger partial charge in [-0.2, -0.15) is 0 Å². The van der Waals surface area contributed by atoms with Crippen LogP contribution in [0.1, 0.15) is 85.5 Å². The van der Waals surface area contributed by atoms with E-state index in [-0.39, 0.29) is 5.72 Å². The maximum Gasteiger partial charge on any atom is 0.673 e. The molecule has 4 atom stereocenters. The fraction of sp³-hybridized carbons (Fsp3) is 0.950. The quantitative estimate of drug-likeness (QED) is 0.206. The van der Waals surface area contributed by atoms with Crippen LogP contribution in [0, 0.1) is 17.8 Å². The number of rotatable bonds is 7. The molecule has 1 saturated heterocycles. The van der Waals surface area contributed by atoms with Crippen molar-refractivity contribution in [2.75, 3.05) is 13.2 Å². The second-order valence-corrected chi connectivity index (χ2v) is 7.96. The molecule has 2 heterocycles. The Balaban J connectivity index is 0.000000646. The van der Waals surface area contributed by atoms with Crippen LogP contribution >= 0.6 is 0 Å². The predicted molar refractivity (Wildman–Crippen MR) is 105 cm³/mol. The van der Waals surface area contributed by atoms with Gasteiger partial charge in [-0.1, -0.05) is 40.0 Å². The highest BCUT2D eigenvalue weighted by molar-refractivity contribution is 6.50. The molecule has 160 valence electrons. The zero-order valence-electron chi connectivity index (χ0n) is 17.5. The summed E-state index contributed by atoms with van der Waals surface area (Å²) in [5, 5.41) is 0. The largest absolute Gasteiger partial charge is 0.673 e. The van der Waals surface area contributed by atoms with Gasteiger partial charge < -0.3 is 22.0 Å². The molecule has 2 aliphatic rings. The van der Waals surface area contributed by atoms with Gasteiger partial charge >= 0.3 is 7.25 Å². The highest BCUT2D eigenvalue weighted by atomic mass is 19.5. The molecule has 0 aromatic rings. The second-order valence-electron chi connectivity index (χ2n) is 7.96. The van der Waals surface area contributed by atoms with Crippen LogP contribution in [-0.2, 0) is 4.74 Å². The molecular formula is C20H38BF4NO. The normalized spacial score (nSPS) is 31.3. The van der Waals surface area contributed by atoms with Gasteiger partial charge in [0.15, 0.2) is 0 Å². The molecule has 4 unspecified atom stereocenters. The summed E-state index contributed by atoms with van der Waals surface area (Å²) in [5.74, 6) is 2.19. The lowest BCUT2D eigenvalue weighted by Crippen LogP contribution is -2.58. The predicted octanol–water partition coefficient (Wildman–Crippen LogP) is 6.55. The van der Waals surface area contributed by atoms with Crippen LogP contribution in [0.4, 0.5) is 17.3 Å². The highest BCUT2D eigenvalue weighted by Gasteiger charge is 2.55. The first-order valence-electron chi connectivity index (χ1n) is 10.8. The molecule has 0 spiro atoms. The Labute approximate surface area is 162 Å². The van der Waals surface area contributed by atoms with Crippen LogP contribution in [0.5, 0.6) is 0 Å². The van der Waals surface area contributed by atoms with E-state index in [4.69, 9.17) is 4.74 Å². The molecule has 7 heteroatoms. The average Bonchev–Trinajstić information content (AvgIpc) is 2.78. The van der Waals surface area contributed by atoms with E-state index in [2.05, 4.69) is 38.5 Å². The standard InChI is InChI=1S/C20H38NO.BF4/c1-5-8-10-13-19-17(4)18(6-2)16-21-15-12-9-11-14-20(19,21)22-7-3;2-1(3,4)5/h16-19H,5-15H2,1-4H3;/q+1;-1. The zero-order chi connectivity index (χ0) is 20.5. The van der Waals surface area contributed by atoms with Crippen molar-refractivity contribution in [3.63, 3.8) is 0 Å². The number of hydrogen-bond donors (Lipinski definition) is 0. The molecule has 0 aromatic heterocycles. The van der Waals surface area contributed by atoms with E-state index in [9.17, 15) is 17.3 Å². The maximum atomic E-state index is 9.75. The SMILES string of the molecule is CCCCCC1C(C)C(CC)C=[N+]2CCCCCC12OCC.F[B-](F)(F)F. The molecule has 0 bridgehead atoms. The number of nitrogens with zero attached hydrogens (tertiary/aromatic N) is 1. The van der Waals surface area contributed by atoms with Crippen molar-refractivity contribution in [3.8, 4) is 0 Å². The van der Waals surface area contributed by atoms with Gasteiger partial charge in [-0.25, -0.2) is 4.58 Å². The van der Waals surface area contributed by atoms with Crippen molar-refractivity contribution in [2.45, 2.75) is 91.2 Å². The molecule has 0 aliphatic carbocycles. The second kappa shape index (κ2) is 11.4. The number of halogens is 4. The van der Waals surface area contributed by atoms with E-state index in [0.717, 1.165) is 18.4 Å². The third-order valence-corrected chi connectivity index (χ3v) is 6.17. The van der Waals surface area contributed by atoms with Gasteiger partial charge in [0.2, 0.25) is 0 Å². The molecule has 2 aliphatic heterocycles. The minimum atomic E-state index is -6.00. The lowest BCUT2D eigenvalue weighted by atomic mass is 9.70. The molecular weight excluding hydrogens is 357 g/mol. The number of ether oxygens (including phenoxy) is 1. The summed E-state index contributed by atoms with van der Waals surface area (Å²) in [6, 6.07) is 0. The average molecular weight is 395 g/mol. The molecule has 0 radical (unpaired) electrons. The van der Waals surface area contributed by atoms with Gasteiger partial charge in [-0.15, -0.1) is 0 Å². The van der Waals surface area contributed by atoms with E-state index >= 15 is 0 Å². The number of fused-ring (bicyclic) bond motifs is 1. The van der Waals surface area contributed by atoms with Crippen LogP contribution in [0.3, 0.4) is 0 Å². The summed E-state index contributed by atoms with van der Waals surface area (Å²) in [4.78, 5) is 0. The number of hydrogen-bond acceptors (Lipinski definition) is 1. The summed E-state index contributed by atoms with van der Waals surface area (Å²) < 4.78 is 48.2. The van der Waals surface area contributed by atoms with Gasteiger partial charge in [0.25, 0.3) is 5.72 Å². The third-order valence-electron chi connectivity index (χ3n) is 6.17. The van der Waals surface area contributed by atoms with Gasteiger partial charge in [0.05, 0.1) is 12.5 Å². The molecule has 2 rings (SSSR count). The van der Waals surface area contributed by atoms with Crippen LogP contribution < -0.4 is 0 Å². The molecule has 0 saturated carbocycles. The van der Waals surface area contributed by atoms with Gasteiger partial charge in [-0.3, -0.25) is 0 Å². The first-order chi connectivity index (χ1) is 12.7. The highest BCUT2D eigenvalue weighted by Crippen LogP contribution is 2.45. The first kappa shape index (κ1) is 24.5. The van der Waals surface area contributed by atoms with E-state index in [0.29, 0.717) is 5.92 Å². The van der Waals surface area contributed by atoms with E-state index in [1.54, 1.807) is 0 Å². The molecule has 2 nitrogen and oxygen atoms in total. The topological polar surface area (TPSA) is 12.2 Å². The van der Waals surface area contributed by atoms with Crippen molar-refractivity contribution < 1.29 is 26.6 Å². The zero-order valence-corrected chi connectivity index (χ0v) is 17.5. The molecule has 1 fully saturated rings. The summed E-state index contributed by atoms with van der Waals surface area (Å²) in [7, 11) is -6.00. The number of unbranched alkanes of at least 4 members (excludes halogenated alkanes) is 2. The summed E-state index contributed by atoms with van der Waals surface area (Å²) in [5.41, 5.74) is 0.00405. The van der Waals surface area contributed by atoms with Crippen molar-refractivity contribution in [1.82, 2.24) is 0 Å². The fourth-order valence-corrected chi connectivity index (χ4v) is 4.94. The van der Waals surface area contributed by atoms with Crippen molar-refractivity contribution in [3.05, 3.63) is 0 Å². The Morgan fingerprint density at radius 1 is 1.07 bits per heavy atom. The Hall–Kier alpha value is -0.585. The molecule has 0 amide bonds. The molecule has 0 N–H and O–H groups in total. The summed E-state index contributed by atoms with van der Waals surface area (Å²) in [6.07, 6.45) is 14.5. The monoisotopic (exact) mass is 395 g/mol.